The highest BCUT2D eigenvalue weighted by atomic mass is 19.4. The van der Waals surface area contributed by atoms with Crippen molar-refractivity contribution in [2.75, 3.05) is 0 Å². The normalized spacial score (nSPS) is 44.6. The molecule has 1 aromatic rings. The van der Waals surface area contributed by atoms with Crippen LogP contribution in [-0.4, -0.2) is 17.1 Å². The van der Waals surface area contributed by atoms with E-state index in [4.69, 9.17) is 4.42 Å². The second-order valence-corrected chi connectivity index (χ2v) is 17.1. The van der Waals surface area contributed by atoms with Gasteiger partial charge in [0, 0.05) is 12.1 Å². The van der Waals surface area contributed by atoms with Gasteiger partial charge in [-0.1, -0.05) is 46.8 Å². The minimum atomic E-state index is -4.60. The van der Waals surface area contributed by atoms with Gasteiger partial charge in [0.15, 0.2) is 0 Å². The fourth-order valence-electron chi connectivity index (χ4n) is 12.8. The van der Waals surface area contributed by atoms with Crippen molar-refractivity contribution in [1.29, 1.82) is 0 Å². The van der Waals surface area contributed by atoms with Crippen LogP contribution in [0.5, 0.6) is 0 Å². The number of aryl methyl sites for hydroxylation is 1. The molecule has 44 heavy (non-hydrogen) atoms. The molecule has 1 unspecified atom stereocenters. The van der Waals surface area contributed by atoms with Gasteiger partial charge >= 0.3 is 6.18 Å². The Labute approximate surface area is 262 Å². The first-order valence-corrected chi connectivity index (χ1v) is 17.1. The lowest BCUT2D eigenvalue weighted by molar-refractivity contribution is -0.246. The van der Waals surface area contributed by atoms with Gasteiger partial charge in [-0.15, -0.1) is 0 Å². The average Bonchev–Trinajstić information content (AvgIpc) is 3.51. The van der Waals surface area contributed by atoms with Crippen LogP contribution < -0.4 is 5.32 Å². The largest absolute Gasteiger partial charge is 0.459 e. The van der Waals surface area contributed by atoms with Gasteiger partial charge in [0.2, 0.25) is 11.7 Å². The number of carbonyl (C=O) groups is 1. The lowest BCUT2D eigenvalue weighted by Crippen LogP contribution is -2.67. The Morgan fingerprint density at radius 1 is 0.977 bits per heavy atom. The highest BCUT2D eigenvalue weighted by Gasteiger charge is 2.71. The zero-order valence-electron chi connectivity index (χ0n) is 27.9. The zero-order chi connectivity index (χ0) is 32.3. The summed E-state index contributed by atoms with van der Waals surface area (Å²) in [7, 11) is 0. The molecule has 0 radical (unpaired) electrons. The first kappa shape index (κ1) is 32.2. The number of amides is 1. The molecule has 246 valence electrons. The van der Waals surface area contributed by atoms with Gasteiger partial charge in [0.25, 0.3) is 0 Å². The van der Waals surface area contributed by atoms with E-state index in [1.807, 2.05) is 0 Å². The van der Waals surface area contributed by atoms with Crippen LogP contribution in [0, 0.1) is 63.6 Å². The highest BCUT2D eigenvalue weighted by Crippen LogP contribution is 2.77. The molecule has 5 aliphatic carbocycles. The number of furan rings is 1. The van der Waals surface area contributed by atoms with Gasteiger partial charge in [-0.25, -0.2) is 0 Å². The number of allylic oxidation sites excluding steroid dienone is 1. The quantitative estimate of drug-likeness (QED) is 0.331. The monoisotopic (exact) mass is 617 g/mol. The summed E-state index contributed by atoms with van der Waals surface area (Å²) in [5.41, 5.74) is 1.23. The van der Waals surface area contributed by atoms with Crippen molar-refractivity contribution >= 4 is 5.91 Å². The number of alkyl halides is 3. The molecule has 0 aromatic carbocycles. The highest BCUT2D eigenvalue weighted by molar-refractivity contribution is 5.84. The van der Waals surface area contributed by atoms with Crippen LogP contribution in [0.2, 0.25) is 0 Å². The van der Waals surface area contributed by atoms with Crippen molar-refractivity contribution < 1.29 is 27.5 Å². The Kier molecular flexibility index (Phi) is 7.40. The van der Waals surface area contributed by atoms with Crippen molar-refractivity contribution in [2.24, 2.45) is 56.7 Å². The summed E-state index contributed by atoms with van der Waals surface area (Å²) in [5.74, 6) is 0.692. The molecule has 6 rings (SSSR count). The molecule has 0 aliphatic heterocycles. The van der Waals surface area contributed by atoms with E-state index in [-0.39, 0.29) is 57.6 Å². The third-order valence-electron chi connectivity index (χ3n) is 15.3. The number of hydrogen-bond acceptors (Lipinski definition) is 3. The van der Waals surface area contributed by atoms with Crippen LogP contribution in [-0.2, 0) is 17.5 Å². The molecule has 1 heterocycles. The van der Waals surface area contributed by atoms with Crippen molar-refractivity contribution in [2.45, 2.75) is 131 Å². The van der Waals surface area contributed by atoms with Gasteiger partial charge in [-0.05, 0) is 135 Å². The summed E-state index contributed by atoms with van der Waals surface area (Å²) in [4.78, 5) is 14.3. The van der Waals surface area contributed by atoms with Crippen LogP contribution in [0.15, 0.2) is 22.8 Å². The van der Waals surface area contributed by atoms with Crippen molar-refractivity contribution in [3.05, 3.63) is 35.3 Å². The van der Waals surface area contributed by atoms with Gasteiger partial charge < -0.3 is 14.8 Å². The van der Waals surface area contributed by atoms with E-state index in [1.54, 1.807) is 6.92 Å². The number of nitrogens with one attached hydrogen (secondary N) is 1. The average molecular weight is 618 g/mol. The van der Waals surface area contributed by atoms with Crippen LogP contribution >= 0.6 is 0 Å². The predicted octanol–water partition coefficient (Wildman–Crippen LogP) is 9.24. The Morgan fingerprint density at radius 2 is 1.68 bits per heavy atom. The van der Waals surface area contributed by atoms with Crippen LogP contribution in [0.25, 0.3) is 0 Å². The van der Waals surface area contributed by atoms with Crippen molar-refractivity contribution in [1.82, 2.24) is 5.32 Å². The minimum Gasteiger partial charge on any atom is -0.459 e. The molecule has 5 fully saturated rings. The molecule has 1 amide bonds. The summed E-state index contributed by atoms with van der Waals surface area (Å²) < 4.78 is 45.9. The minimum absolute atomic E-state index is 0.0208. The van der Waals surface area contributed by atoms with E-state index >= 15 is 0 Å². The van der Waals surface area contributed by atoms with Gasteiger partial charge in [0.05, 0.1) is 17.8 Å². The van der Waals surface area contributed by atoms with E-state index in [0.29, 0.717) is 23.3 Å². The number of aliphatic hydroxyl groups excluding tert-OH is 1. The maximum absolute atomic E-state index is 14.3. The molecule has 5 saturated carbocycles. The maximum atomic E-state index is 14.3. The van der Waals surface area contributed by atoms with E-state index in [9.17, 15) is 23.1 Å². The van der Waals surface area contributed by atoms with Gasteiger partial charge in [-0.2, -0.15) is 13.2 Å². The van der Waals surface area contributed by atoms with E-state index < -0.39 is 17.4 Å². The second-order valence-electron chi connectivity index (χ2n) is 17.1. The molecule has 10 atom stereocenters. The summed E-state index contributed by atoms with van der Waals surface area (Å²) in [6, 6.07) is 0. The second kappa shape index (κ2) is 10.1. The number of fused-ring (bicyclic) bond motifs is 7. The number of halogens is 3. The number of aliphatic hydroxyl groups is 1. The molecule has 2 N–H and O–H groups in total. The Hall–Kier alpha value is -1.76. The van der Waals surface area contributed by atoms with E-state index in [2.05, 4.69) is 53.4 Å². The van der Waals surface area contributed by atoms with Crippen molar-refractivity contribution in [3.63, 3.8) is 0 Å². The van der Waals surface area contributed by atoms with Crippen LogP contribution in [0.1, 0.15) is 123 Å². The summed E-state index contributed by atoms with van der Waals surface area (Å²) in [6.45, 7) is 20.1. The molecule has 7 heteroatoms. The van der Waals surface area contributed by atoms with Gasteiger partial charge in [0.1, 0.15) is 0 Å². The summed E-state index contributed by atoms with van der Waals surface area (Å²) >= 11 is 0. The predicted molar refractivity (Wildman–Crippen MR) is 165 cm³/mol. The topological polar surface area (TPSA) is 62.5 Å². The fraction of sp³-hybridized carbons (Fsp3) is 0.811. The van der Waals surface area contributed by atoms with Crippen LogP contribution in [0.3, 0.4) is 0 Å². The third kappa shape index (κ3) is 4.22. The smallest absolute Gasteiger partial charge is 0.449 e. The lowest BCUT2D eigenvalue weighted by Gasteiger charge is -2.72. The van der Waals surface area contributed by atoms with Gasteiger partial charge in [-0.3, -0.25) is 4.79 Å². The zero-order valence-corrected chi connectivity index (χ0v) is 27.9. The van der Waals surface area contributed by atoms with Crippen LogP contribution in [0.4, 0.5) is 13.2 Å². The molecule has 1 aromatic heterocycles. The third-order valence-corrected chi connectivity index (χ3v) is 15.3. The molecular weight excluding hydrogens is 563 g/mol. The first-order chi connectivity index (χ1) is 20.3. The molecule has 5 aliphatic rings. The number of hydrogen-bond donors (Lipinski definition) is 2. The standard InChI is InChI=1S/C37H54F3NO3/c1-21(2)23-11-16-36(31(43)41-19-24-22(3)20-44-30(24)37(38,39)40)18-17-34(7)25(29(23)36)9-10-27-33(6)14-13-28(42)32(4,5)26(33)12-15-35(27,34)8/h20,23,25-29,42H,1,9-19H2,2-8H3,(H,41,43)/t23-,25+,26-,27+,28-,29?,33-,34+,35+,36-/m0/s1. The fourth-order valence-corrected chi connectivity index (χ4v) is 12.8. The number of rotatable bonds is 4. The van der Waals surface area contributed by atoms with Crippen molar-refractivity contribution in [3.8, 4) is 0 Å². The molecule has 0 bridgehead atoms. The summed E-state index contributed by atoms with van der Waals surface area (Å²) in [5, 5.41) is 14.0. The molecule has 0 saturated heterocycles. The molecule has 0 spiro atoms. The Balaban J connectivity index is 1.32. The Morgan fingerprint density at radius 3 is 2.34 bits per heavy atom. The van der Waals surface area contributed by atoms with E-state index in [1.165, 1.54) is 0 Å². The Bertz CT molecular complexity index is 1330. The number of carbonyl (C=O) groups excluding carboxylic acids is 1. The molecular formula is C37H54F3NO3. The SMILES string of the molecule is C=C(C)[C@@H]1CC[C@]2(C(=O)NCc3c(C)coc3C(F)(F)F)CC[C@]3(C)[C@H](CC[C@@H]4[C@@]5(C)CC[C@H](O)C(C)(C)[C@@H]5CC[C@]43C)C12. The van der Waals surface area contributed by atoms with E-state index in [0.717, 1.165) is 76.0 Å². The maximum Gasteiger partial charge on any atom is 0.449 e. The molecule has 4 nitrogen and oxygen atoms in total. The summed E-state index contributed by atoms with van der Waals surface area (Å²) in [6.07, 6.45) is 6.09. The lowest BCUT2D eigenvalue weighted by atomic mass is 9.32. The first-order valence-electron chi connectivity index (χ1n) is 17.1.